The minimum absolute atomic E-state index is 0.0601. The fourth-order valence-electron chi connectivity index (χ4n) is 4.05. The van der Waals surface area contributed by atoms with E-state index in [1.807, 2.05) is 11.9 Å². The Balaban J connectivity index is 2.10. The van der Waals surface area contributed by atoms with Gasteiger partial charge < -0.3 is 15.4 Å². The van der Waals surface area contributed by atoms with Crippen molar-refractivity contribution < 1.29 is 9.53 Å². The van der Waals surface area contributed by atoms with Crippen molar-refractivity contribution in [1.29, 1.82) is 0 Å². The molecule has 1 amide bonds. The van der Waals surface area contributed by atoms with Crippen LogP contribution in [0.25, 0.3) is 0 Å². The fourth-order valence-corrected chi connectivity index (χ4v) is 4.05. The zero-order chi connectivity index (χ0) is 14.0. The molecule has 2 aliphatic carbocycles. The summed E-state index contributed by atoms with van der Waals surface area (Å²) in [5.74, 6) is 0.0601. The summed E-state index contributed by atoms with van der Waals surface area (Å²) in [6.45, 7) is 4.59. The lowest BCUT2D eigenvalue weighted by Crippen LogP contribution is -2.66. The number of nitrogens with two attached hydrogens (primary N) is 1. The highest BCUT2D eigenvalue weighted by atomic mass is 16.5. The van der Waals surface area contributed by atoms with Crippen LogP contribution in [0.5, 0.6) is 0 Å². The molecule has 0 saturated heterocycles. The Kier molecular flexibility index (Phi) is 4.51. The molecule has 3 atom stereocenters. The molecule has 2 fully saturated rings. The number of nitrogens with zero attached hydrogens (tertiary/aromatic N) is 1. The third-order valence-corrected chi connectivity index (χ3v) is 5.10. The van der Waals surface area contributed by atoms with Gasteiger partial charge in [0.05, 0.1) is 12.1 Å². The molecule has 2 unspecified atom stereocenters. The van der Waals surface area contributed by atoms with E-state index in [-0.39, 0.29) is 11.3 Å². The Morgan fingerprint density at radius 2 is 2.05 bits per heavy atom. The van der Waals surface area contributed by atoms with Crippen molar-refractivity contribution in [2.24, 2.45) is 11.1 Å². The SMILES string of the molecule is CCOC1CC(N(C)C(=O)[C@@H](C)N)C12CCCCC2. The molecule has 0 aromatic heterocycles. The number of hydrogen-bond acceptors (Lipinski definition) is 3. The van der Waals surface area contributed by atoms with Crippen LogP contribution in [-0.2, 0) is 9.53 Å². The second kappa shape index (κ2) is 5.80. The second-order valence-electron chi connectivity index (χ2n) is 6.23. The van der Waals surface area contributed by atoms with Crippen LogP contribution in [0.1, 0.15) is 52.4 Å². The third-order valence-electron chi connectivity index (χ3n) is 5.10. The van der Waals surface area contributed by atoms with Crippen LogP contribution in [0.3, 0.4) is 0 Å². The molecule has 4 heteroatoms. The van der Waals surface area contributed by atoms with Gasteiger partial charge in [0.1, 0.15) is 0 Å². The molecule has 19 heavy (non-hydrogen) atoms. The number of carbonyl (C=O) groups excluding carboxylic acids is 1. The lowest BCUT2D eigenvalue weighted by molar-refractivity contribution is -0.185. The molecule has 0 radical (unpaired) electrons. The van der Waals surface area contributed by atoms with E-state index in [4.69, 9.17) is 10.5 Å². The predicted octanol–water partition coefficient (Wildman–Crippen LogP) is 1.92. The number of hydrogen-bond donors (Lipinski definition) is 1. The van der Waals surface area contributed by atoms with Crippen LogP contribution in [0.2, 0.25) is 0 Å². The van der Waals surface area contributed by atoms with Gasteiger partial charge in [-0.15, -0.1) is 0 Å². The number of ether oxygens (including phenoxy) is 1. The van der Waals surface area contributed by atoms with Crippen molar-refractivity contribution in [2.75, 3.05) is 13.7 Å². The molecule has 0 heterocycles. The fraction of sp³-hybridized carbons (Fsp3) is 0.933. The molecule has 0 aromatic rings. The molecule has 2 aliphatic rings. The van der Waals surface area contributed by atoms with Crippen LogP contribution in [0.4, 0.5) is 0 Å². The first kappa shape index (κ1) is 14.8. The molecular weight excluding hydrogens is 240 g/mol. The highest BCUT2D eigenvalue weighted by molar-refractivity contribution is 5.81. The van der Waals surface area contributed by atoms with Crippen LogP contribution >= 0.6 is 0 Å². The highest BCUT2D eigenvalue weighted by Gasteiger charge is 2.57. The summed E-state index contributed by atoms with van der Waals surface area (Å²) in [6, 6.07) is -0.0837. The predicted molar refractivity (Wildman–Crippen MR) is 75.8 cm³/mol. The molecule has 0 aliphatic heterocycles. The van der Waals surface area contributed by atoms with Crippen molar-refractivity contribution in [2.45, 2.75) is 70.6 Å². The maximum absolute atomic E-state index is 12.1. The van der Waals surface area contributed by atoms with Gasteiger partial charge in [-0.1, -0.05) is 19.3 Å². The largest absolute Gasteiger partial charge is 0.378 e. The number of likely N-dealkylation sites (N-methyl/N-ethyl adjacent to an activating group) is 1. The summed E-state index contributed by atoms with van der Waals surface area (Å²) in [4.78, 5) is 14.0. The molecule has 0 aromatic carbocycles. The van der Waals surface area contributed by atoms with Crippen molar-refractivity contribution in [1.82, 2.24) is 4.90 Å². The van der Waals surface area contributed by atoms with E-state index in [1.54, 1.807) is 6.92 Å². The molecule has 2 saturated carbocycles. The maximum atomic E-state index is 12.1. The van der Waals surface area contributed by atoms with Gasteiger partial charge in [-0.05, 0) is 33.1 Å². The Morgan fingerprint density at radius 3 is 2.58 bits per heavy atom. The normalized spacial score (nSPS) is 30.7. The summed E-state index contributed by atoms with van der Waals surface area (Å²) in [5, 5.41) is 0. The van der Waals surface area contributed by atoms with Gasteiger partial charge in [0.25, 0.3) is 0 Å². The summed E-state index contributed by atoms with van der Waals surface area (Å²) in [6.07, 6.45) is 7.55. The van der Waals surface area contributed by atoms with Gasteiger partial charge in [-0.3, -0.25) is 4.79 Å². The maximum Gasteiger partial charge on any atom is 0.239 e. The monoisotopic (exact) mass is 268 g/mol. The van der Waals surface area contributed by atoms with Crippen LogP contribution in [0, 0.1) is 5.41 Å². The third kappa shape index (κ3) is 2.52. The van der Waals surface area contributed by atoms with E-state index >= 15 is 0 Å². The van der Waals surface area contributed by atoms with Gasteiger partial charge >= 0.3 is 0 Å². The van der Waals surface area contributed by atoms with Gasteiger partial charge in [-0.2, -0.15) is 0 Å². The summed E-state index contributed by atoms with van der Waals surface area (Å²) >= 11 is 0. The van der Waals surface area contributed by atoms with E-state index in [2.05, 4.69) is 6.92 Å². The molecular formula is C15H28N2O2. The first-order chi connectivity index (χ1) is 9.03. The van der Waals surface area contributed by atoms with E-state index in [1.165, 1.54) is 32.1 Å². The molecule has 4 nitrogen and oxygen atoms in total. The van der Waals surface area contributed by atoms with E-state index in [0.29, 0.717) is 12.1 Å². The topological polar surface area (TPSA) is 55.6 Å². The quantitative estimate of drug-likeness (QED) is 0.847. The first-order valence-corrected chi connectivity index (χ1v) is 7.66. The Bertz CT molecular complexity index is 324. The minimum Gasteiger partial charge on any atom is -0.378 e. The van der Waals surface area contributed by atoms with E-state index < -0.39 is 6.04 Å². The Labute approximate surface area is 116 Å². The zero-order valence-electron chi connectivity index (χ0n) is 12.5. The minimum atomic E-state index is -0.406. The van der Waals surface area contributed by atoms with Gasteiger partial charge in [0, 0.05) is 25.1 Å². The Hall–Kier alpha value is -0.610. The summed E-state index contributed by atoms with van der Waals surface area (Å²) in [7, 11) is 1.91. The molecule has 1 spiro atoms. The average molecular weight is 268 g/mol. The number of carbonyl (C=O) groups is 1. The highest BCUT2D eigenvalue weighted by Crippen LogP contribution is 2.55. The standard InChI is InChI=1S/C15H28N2O2/c1-4-19-13-10-12(17(3)14(18)11(2)16)15(13)8-6-5-7-9-15/h11-13H,4-10,16H2,1-3H3/t11-,12?,13?/m1/s1. The van der Waals surface area contributed by atoms with Crippen molar-refractivity contribution in [3.63, 3.8) is 0 Å². The van der Waals surface area contributed by atoms with Gasteiger partial charge in [-0.25, -0.2) is 0 Å². The lowest BCUT2D eigenvalue weighted by atomic mass is 9.54. The van der Waals surface area contributed by atoms with Crippen molar-refractivity contribution in [3.05, 3.63) is 0 Å². The van der Waals surface area contributed by atoms with Crippen molar-refractivity contribution in [3.8, 4) is 0 Å². The lowest BCUT2D eigenvalue weighted by Gasteiger charge is -2.60. The smallest absolute Gasteiger partial charge is 0.239 e. The number of amides is 1. The van der Waals surface area contributed by atoms with Crippen molar-refractivity contribution >= 4 is 5.91 Å². The van der Waals surface area contributed by atoms with Crippen LogP contribution < -0.4 is 5.73 Å². The average Bonchev–Trinajstić information content (AvgIpc) is 2.42. The van der Waals surface area contributed by atoms with E-state index in [9.17, 15) is 4.79 Å². The molecule has 0 bridgehead atoms. The zero-order valence-corrected chi connectivity index (χ0v) is 12.5. The second-order valence-corrected chi connectivity index (χ2v) is 6.23. The van der Waals surface area contributed by atoms with Crippen LogP contribution in [-0.4, -0.2) is 42.6 Å². The molecule has 110 valence electrons. The van der Waals surface area contributed by atoms with Gasteiger partial charge in [0.2, 0.25) is 5.91 Å². The number of rotatable bonds is 4. The molecule has 2 rings (SSSR count). The first-order valence-electron chi connectivity index (χ1n) is 7.66. The van der Waals surface area contributed by atoms with Crippen LogP contribution in [0.15, 0.2) is 0 Å². The Morgan fingerprint density at radius 1 is 1.42 bits per heavy atom. The molecule has 2 N–H and O–H groups in total. The van der Waals surface area contributed by atoms with E-state index in [0.717, 1.165) is 13.0 Å². The summed E-state index contributed by atoms with van der Waals surface area (Å²) in [5.41, 5.74) is 5.94. The summed E-state index contributed by atoms with van der Waals surface area (Å²) < 4.78 is 5.92. The van der Waals surface area contributed by atoms with Gasteiger partial charge in [0.15, 0.2) is 0 Å².